The van der Waals surface area contributed by atoms with Crippen LogP contribution in [0, 0.1) is 25.2 Å². The summed E-state index contributed by atoms with van der Waals surface area (Å²) in [4.78, 5) is 19.6. The zero-order valence-corrected chi connectivity index (χ0v) is 21.0. The molecular weight excluding hydrogens is 466 g/mol. The number of hydrogen-bond acceptors (Lipinski definition) is 7. The van der Waals surface area contributed by atoms with E-state index in [9.17, 15) is 15.2 Å². The summed E-state index contributed by atoms with van der Waals surface area (Å²) in [7, 11) is 0. The van der Waals surface area contributed by atoms with Gasteiger partial charge in [0.1, 0.15) is 17.7 Å². The highest BCUT2D eigenvalue weighted by molar-refractivity contribution is 5.79. The van der Waals surface area contributed by atoms with Crippen molar-refractivity contribution in [2.75, 3.05) is 10.6 Å². The van der Waals surface area contributed by atoms with Crippen molar-refractivity contribution in [2.45, 2.75) is 46.2 Å². The summed E-state index contributed by atoms with van der Waals surface area (Å²) >= 11 is 0. The lowest BCUT2D eigenvalue weighted by atomic mass is 9.99. The molecule has 2 heterocycles. The first-order valence-electron chi connectivity index (χ1n) is 12.1. The average molecular weight is 496 g/mol. The van der Waals surface area contributed by atoms with Gasteiger partial charge in [-0.15, -0.1) is 10.2 Å². The molecule has 0 radical (unpaired) electrons. The second-order valence-corrected chi connectivity index (χ2v) is 8.92. The predicted molar refractivity (Wildman–Crippen MR) is 142 cm³/mol. The molecule has 0 saturated heterocycles. The summed E-state index contributed by atoms with van der Waals surface area (Å²) in [5.74, 6) is 1.15. The number of anilines is 2. The average Bonchev–Trinajstić information content (AvgIpc) is 3.37. The van der Waals surface area contributed by atoms with Gasteiger partial charge in [-0.2, -0.15) is 5.26 Å². The van der Waals surface area contributed by atoms with Gasteiger partial charge in [0.25, 0.3) is 0 Å². The number of rotatable bonds is 10. The molecule has 0 aliphatic carbocycles. The van der Waals surface area contributed by atoms with Gasteiger partial charge in [-0.3, -0.25) is 0 Å². The van der Waals surface area contributed by atoms with Gasteiger partial charge in [0.2, 0.25) is 0 Å². The molecule has 1 unspecified atom stereocenters. The third-order valence-corrected chi connectivity index (χ3v) is 6.10. The molecule has 188 valence electrons. The number of nitrogens with one attached hydrogen (secondary N) is 3. The minimum absolute atomic E-state index is 0.299. The number of carboxylic acid groups (broad SMARTS) is 1. The molecule has 4 aromatic rings. The zero-order chi connectivity index (χ0) is 26.4. The number of pyridine rings is 1. The number of nitrogens with zero attached hydrogens (tertiary/aromatic N) is 4. The lowest BCUT2D eigenvalue weighted by Gasteiger charge is -2.20. The first kappa shape index (κ1) is 25.4. The Labute approximate surface area is 215 Å². The van der Waals surface area contributed by atoms with E-state index in [0.29, 0.717) is 36.6 Å². The van der Waals surface area contributed by atoms with Crippen molar-refractivity contribution >= 4 is 17.5 Å². The third-order valence-electron chi connectivity index (χ3n) is 6.10. The number of H-pyrrole nitrogens is 1. The maximum atomic E-state index is 12.1. The topological polar surface area (TPSA) is 140 Å². The molecule has 0 aliphatic heterocycles. The van der Waals surface area contributed by atoms with Gasteiger partial charge in [-0.25, -0.2) is 9.78 Å². The summed E-state index contributed by atoms with van der Waals surface area (Å²) < 4.78 is 0. The summed E-state index contributed by atoms with van der Waals surface area (Å²) in [6.07, 6.45) is 2.74. The Morgan fingerprint density at radius 1 is 1.14 bits per heavy atom. The normalized spacial score (nSPS) is 11.5. The number of carbonyl (C=O) groups is 1. The number of aromatic amines is 1. The summed E-state index contributed by atoms with van der Waals surface area (Å²) in [6.45, 7) is 6.34. The Hall–Kier alpha value is -4.71. The van der Waals surface area contributed by atoms with Gasteiger partial charge in [-0.1, -0.05) is 31.2 Å². The van der Waals surface area contributed by atoms with Crippen molar-refractivity contribution in [1.29, 1.82) is 5.26 Å². The minimum atomic E-state index is -0.939. The molecule has 1 atom stereocenters. The van der Waals surface area contributed by atoms with Crippen LogP contribution in [-0.2, 0) is 24.2 Å². The first-order chi connectivity index (χ1) is 17.9. The third kappa shape index (κ3) is 6.30. The van der Waals surface area contributed by atoms with E-state index >= 15 is 0 Å². The Bertz CT molecular complexity index is 1440. The van der Waals surface area contributed by atoms with Crippen LogP contribution in [0.3, 0.4) is 0 Å². The summed E-state index contributed by atoms with van der Waals surface area (Å²) in [6, 6.07) is 16.4. The van der Waals surface area contributed by atoms with E-state index in [2.05, 4.69) is 36.9 Å². The van der Waals surface area contributed by atoms with Gasteiger partial charge >= 0.3 is 5.97 Å². The predicted octanol–water partition coefficient (Wildman–Crippen LogP) is 4.64. The number of hydrogen-bond donors (Lipinski definition) is 4. The molecule has 4 rings (SSSR count). The molecule has 0 fully saturated rings. The van der Waals surface area contributed by atoms with Crippen LogP contribution in [0.5, 0.6) is 0 Å². The van der Waals surface area contributed by atoms with Gasteiger partial charge in [0.15, 0.2) is 5.82 Å². The Kier molecular flexibility index (Phi) is 7.79. The number of aromatic nitrogens is 4. The second kappa shape index (κ2) is 11.4. The Morgan fingerprint density at radius 3 is 2.59 bits per heavy atom. The molecular formula is C28H29N7O2. The van der Waals surface area contributed by atoms with Crippen molar-refractivity contribution in [3.8, 4) is 17.5 Å². The Balaban J connectivity index is 1.43. The van der Waals surface area contributed by atoms with Crippen LogP contribution in [0.4, 0.5) is 11.5 Å². The van der Waals surface area contributed by atoms with Crippen LogP contribution in [0.15, 0.2) is 54.7 Å². The smallest absolute Gasteiger partial charge is 0.326 e. The highest BCUT2D eigenvalue weighted by Gasteiger charge is 2.20. The van der Waals surface area contributed by atoms with E-state index in [1.54, 1.807) is 12.3 Å². The molecule has 2 aromatic carbocycles. The van der Waals surface area contributed by atoms with Crippen molar-refractivity contribution in [1.82, 2.24) is 20.2 Å². The molecule has 37 heavy (non-hydrogen) atoms. The molecule has 0 amide bonds. The number of nitriles is 1. The highest BCUT2D eigenvalue weighted by atomic mass is 16.4. The van der Waals surface area contributed by atoms with E-state index in [0.717, 1.165) is 39.3 Å². The maximum Gasteiger partial charge on any atom is 0.326 e. The standard InChI is InChI=1S/C28H29N7O2/c1-4-21-13-20(15-29)12-18(3)26(21)32-23(28(36)37)14-19-5-7-22(8-6-19)27-33-25(34-35-27)16-31-24-11-17(2)9-10-30-24/h5-13,23,32H,4,14,16H2,1-3H3,(H,30,31)(H,36,37)(H,33,34,35). The van der Waals surface area contributed by atoms with E-state index in [4.69, 9.17) is 0 Å². The zero-order valence-electron chi connectivity index (χ0n) is 21.0. The first-order valence-corrected chi connectivity index (χ1v) is 12.1. The van der Waals surface area contributed by atoms with E-state index in [-0.39, 0.29) is 0 Å². The van der Waals surface area contributed by atoms with E-state index in [1.165, 1.54) is 0 Å². The molecule has 0 aliphatic rings. The molecule has 9 heteroatoms. The van der Waals surface area contributed by atoms with Crippen molar-refractivity contribution in [3.05, 3.63) is 88.4 Å². The highest BCUT2D eigenvalue weighted by Crippen LogP contribution is 2.25. The van der Waals surface area contributed by atoms with Gasteiger partial charge < -0.3 is 20.7 Å². The van der Waals surface area contributed by atoms with Crippen LogP contribution < -0.4 is 10.6 Å². The largest absolute Gasteiger partial charge is 0.480 e. The van der Waals surface area contributed by atoms with Crippen LogP contribution in [0.1, 0.15) is 40.6 Å². The molecule has 0 saturated carbocycles. The van der Waals surface area contributed by atoms with Crippen LogP contribution in [0.25, 0.3) is 11.4 Å². The number of aliphatic carboxylic acids is 1. The number of aryl methyl sites for hydroxylation is 3. The lowest BCUT2D eigenvalue weighted by Crippen LogP contribution is -2.32. The van der Waals surface area contributed by atoms with E-state index in [1.807, 2.05) is 63.2 Å². The molecule has 2 aromatic heterocycles. The number of carboxylic acids is 1. The summed E-state index contributed by atoms with van der Waals surface area (Å²) in [5, 5.41) is 34.0. The quantitative estimate of drug-likeness (QED) is 0.250. The molecule has 0 spiro atoms. The van der Waals surface area contributed by atoms with Crippen molar-refractivity contribution < 1.29 is 9.90 Å². The number of benzene rings is 2. The van der Waals surface area contributed by atoms with Crippen molar-refractivity contribution in [2.24, 2.45) is 0 Å². The molecule has 4 N–H and O–H groups in total. The van der Waals surface area contributed by atoms with E-state index < -0.39 is 12.0 Å². The van der Waals surface area contributed by atoms with Gasteiger partial charge in [0.05, 0.1) is 18.2 Å². The Morgan fingerprint density at radius 2 is 1.92 bits per heavy atom. The monoisotopic (exact) mass is 495 g/mol. The minimum Gasteiger partial charge on any atom is -0.480 e. The SMILES string of the molecule is CCc1cc(C#N)cc(C)c1NC(Cc1ccc(-c2nnc(CNc3cc(C)ccn3)[nH]2)cc1)C(=O)O. The van der Waals surface area contributed by atoms with Gasteiger partial charge in [0, 0.05) is 23.9 Å². The fourth-order valence-electron chi connectivity index (χ4n) is 4.13. The second-order valence-electron chi connectivity index (χ2n) is 8.92. The van der Waals surface area contributed by atoms with Crippen LogP contribution >= 0.6 is 0 Å². The maximum absolute atomic E-state index is 12.1. The van der Waals surface area contributed by atoms with Crippen LogP contribution in [0.2, 0.25) is 0 Å². The van der Waals surface area contributed by atoms with Gasteiger partial charge in [-0.05, 0) is 66.8 Å². The summed E-state index contributed by atoms with van der Waals surface area (Å²) in [5.41, 5.74) is 5.97. The molecule has 9 nitrogen and oxygen atoms in total. The fourth-order valence-corrected chi connectivity index (χ4v) is 4.13. The molecule has 0 bridgehead atoms. The lowest BCUT2D eigenvalue weighted by molar-refractivity contribution is -0.137. The van der Waals surface area contributed by atoms with Crippen LogP contribution in [-0.4, -0.2) is 37.3 Å². The fraction of sp³-hybridized carbons (Fsp3) is 0.250. The van der Waals surface area contributed by atoms with Crippen molar-refractivity contribution in [3.63, 3.8) is 0 Å².